The van der Waals surface area contributed by atoms with E-state index in [1.54, 1.807) is 25.1 Å². The molecule has 0 atom stereocenters. The van der Waals surface area contributed by atoms with Crippen molar-refractivity contribution in [1.82, 2.24) is 9.47 Å². The smallest absolute Gasteiger partial charge is 0.321 e. The minimum atomic E-state index is -0.255. The van der Waals surface area contributed by atoms with E-state index in [1.165, 1.54) is 10.6 Å². The van der Waals surface area contributed by atoms with Crippen molar-refractivity contribution >= 4 is 11.7 Å². The fourth-order valence-corrected chi connectivity index (χ4v) is 1.83. The second-order valence-electron chi connectivity index (χ2n) is 4.81. The first-order valence-electron chi connectivity index (χ1n) is 6.83. The third-order valence-electron chi connectivity index (χ3n) is 3.12. The first-order chi connectivity index (χ1) is 9.49. The second kappa shape index (κ2) is 7.69. The summed E-state index contributed by atoms with van der Waals surface area (Å²) in [6, 6.07) is 1.23. The molecule has 0 aromatic carbocycles. The molecule has 0 saturated heterocycles. The van der Waals surface area contributed by atoms with Crippen molar-refractivity contribution in [2.75, 3.05) is 25.0 Å². The van der Waals surface area contributed by atoms with E-state index in [0.717, 1.165) is 18.4 Å². The first-order valence-corrected chi connectivity index (χ1v) is 6.83. The number of nitrogens with one attached hydrogen (secondary N) is 1. The summed E-state index contributed by atoms with van der Waals surface area (Å²) in [5, 5.41) is 11.8. The van der Waals surface area contributed by atoms with Gasteiger partial charge < -0.3 is 19.9 Å². The van der Waals surface area contributed by atoms with Crippen molar-refractivity contribution in [2.45, 2.75) is 26.7 Å². The number of aliphatic hydroxyl groups is 1. The average molecular weight is 281 g/mol. The molecule has 0 fully saturated rings. The Kier molecular flexibility index (Phi) is 6.24. The molecule has 0 spiro atoms. The molecule has 6 nitrogen and oxygen atoms in total. The Bertz CT molecular complexity index is 511. The predicted octanol–water partition coefficient (Wildman–Crippen LogP) is 1.32. The lowest BCUT2D eigenvalue weighted by Gasteiger charge is -2.22. The number of aryl methyl sites for hydroxylation is 2. The van der Waals surface area contributed by atoms with E-state index < -0.39 is 0 Å². The average Bonchev–Trinajstić information content (AvgIpc) is 2.40. The molecule has 112 valence electrons. The lowest BCUT2D eigenvalue weighted by molar-refractivity contribution is 0.187. The fourth-order valence-electron chi connectivity index (χ4n) is 1.83. The molecule has 1 rings (SSSR count). The van der Waals surface area contributed by atoms with Gasteiger partial charge in [0, 0.05) is 32.4 Å². The molecule has 0 aliphatic carbocycles. The molecular weight excluding hydrogens is 258 g/mol. The van der Waals surface area contributed by atoms with Crippen molar-refractivity contribution in [1.29, 1.82) is 0 Å². The van der Waals surface area contributed by atoms with Gasteiger partial charge in [-0.15, -0.1) is 0 Å². The summed E-state index contributed by atoms with van der Waals surface area (Å²) in [5.74, 6) is 0. The molecule has 0 radical (unpaired) electrons. The monoisotopic (exact) mass is 281 g/mol. The molecular formula is C14H23N3O3. The second-order valence-corrected chi connectivity index (χ2v) is 4.81. The molecule has 0 aliphatic heterocycles. The highest BCUT2D eigenvalue weighted by molar-refractivity contribution is 5.89. The molecule has 1 heterocycles. The number of aliphatic hydroxyl groups excluding tert-OH is 1. The third kappa shape index (κ3) is 4.38. The van der Waals surface area contributed by atoms with E-state index in [9.17, 15) is 9.59 Å². The molecule has 1 aromatic heterocycles. The minimum absolute atomic E-state index is 0.0661. The zero-order valence-electron chi connectivity index (χ0n) is 12.3. The van der Waals surface area contributed by atoms with Gasteiger partial charge in [0.1, 0.15) is 0 Å². The molecule has 0 unspecified atom stereocenters. The van der Waals surface area contributed by atoms with Gasteiger partial charge >= 0.3 is 6.03 Å². The Hall–Kier alpha value is -1.82. The van der Waals surface area contributed by atoms with Crippen LogP contribution in [0.1, 0.15) is 25.3 Å². The van der Waals surface area contributed by atoms with Gasteiger partial charge in [-0.3, -0.25) is 4.79 Å². The summed E-state index contributed by atoms with van der Waals surface area (Å²) in [5.41, 5.74) is 1.22. The summed E-state index contributed by atoms with van der Waals surface area (Å²) in [4.78, 5) is 25.2. The van der Waals surface area contributed by atoms with Crippen LogP contribution in [0.15, 0.2) is 17.1 Å². The van der Waals surface area contributed by atoms with E-state index in [4.69, 9.17) is 5.11 Å². The number of aromatic nitrogens is 1. The highest BCUT2D eigenvalue weighted by Crippen LogP contribution is 2.12. The Morgan fingerprint density at radius 3 is 2.75 bits per heavy atom. The Labute approximate surface area is 119 Å². The number of unbranched alkanes of at least 4 members (excludes halogenated alkanes) is 1. The van der Waals surface area contributed by atoms with Crippen LogP contribution in [0.4, 0.5) is 10.5 Å². The van der Waals surface area contributed by atoms with Gasteiger partial charge in [-0.25, -0.2) is 4.79 Å². The van der Waals surface area contributed by atoms with Crippen LogP contribution >= 0.6 is 0 Å². The largest absolute Gasteiger partial charge is 0.395 e. The van der Waals surface area contributed by atoms with Gasteiger partial charge in [-0.05, 0) is 18.9 Å². The van der Waals surface area contributed by atoms with Crippen molar-refractivity contribution in [2.24, 2.45) is 7.05 Å². The minimum Gasteiger partial charge on any atom is -0.395 e. The number of nitrogens with zero attached hydrogens (tertiary/aromatic N) is 2. The number of carbonyl (C=O) groups excluding carboxylic acids is 1. The Morgan fingerprint density at radius 2 is 2.15 bits per heavy atom. The lowest BCUT2D eigenvalue weighted by Crippen LogP contribution is -2.38. The Morgan fingerprint density at radius 1 is 1.45 bits per heavy atom. The van der Waals surface area contributed by atoms with Crippen LogP contribution in [0.5, 0.6) is 0 Å². The highest BCUT2D eigenvalue weighted by atomic mass is 16.3. The van der Waals surface area contributed by atoms with Crippen LogP contribution in [-0.2, 0) is 7.05 Å². The van der Waals surface area contributed by atoms with Crippen molar-refractivity contribution in [3.8, 4) is 0 Å². The van der Waals surface area contributed by atoms with Crippen LogP contribution in [-0.4, -0.2) is 40.3 Å². The van der Waals surface area contributed by atoms with Gasteiger partial charge in [-0.2, -0.15) is 0 Å². The van der Waals surface area contributed by atoms with Crippen molar-refractivity contribution in [3.63, 3.8) is 0 Å². The molecule has 2 amide bonds. The van der Waals surface area contributed by atoms with Gasteiger partial charge in [-0.1, -0.05) is 13.3 Å². The number of pyridine rings is 1. The maximum Gasteiger partial charge on any atom is 0.321 e. The van der Waals surface area contributed by atoms with Crippen LogP contribution in [0, 0.1) is 6.92 Å². The number of anilines is 1. The predicted molar refractivity (Wildman–Crippen MR) is 79.0 cm³/mol. The van der Waals surface area contributed by atoms with E-state index in [1.807, 2.05) is 6.92 Å². The Balaban J connectivity index is 2.82. The normalized spacial score (nSPS) is 10.4. The van der Waals surface area contributed by atoms with Crippen LogP contribution in [0.25, 0.3) is 0 Å². The van der Waals surface area contributed by atoms with Crippen LogP contribution in [0.2, 0.25) is 0 Å². The van der Waals surface area contributed by atoms with E-state index in [-0.39, 0.29) is 18.2 Å². The third-order valence-corrected chi connectivity index (χ3v) is 3.12. The van der Waals surface area contributed by atoms with Crippen LogP contribution in [0.3, 0.4) is 0 Å². The molecule has 20 heavy (non-hydrogen) atoms. The number of carbonyl (C=O) groups is 1. The number of hydrogen-bond acceptors (Lipinski definition) is 3. The van der Waals surface area contributed by atoms with E-state index in [0.29, 0.717) is 18.8 Å². The molecule has 2 N–H and O–H groups in total. The lowest BCUT2D eigenvalue weighted by atomic mass is 10.2. The first kappa shape index (κ1) is 16.2. The fraction of sp³-hybridized carbons (Fsp3) is 0.571. The molecule has 1 aromatic rings. The molecule has 0 saturated carbocycles. The number of rotatable bonds is 6. The standard InChI is InChI=1S/C14H23N3O3/c1-4-5-6-17(7-8-18)14(20)15-12-10-16(3)13(19)9-11(12)2/h9-10,18H,4-8H2,1-3H3,(H,15,20). The number of hydrogen-bond donors (Lipinski definition) is 2. The summed E-state index contributed by atoms with van der Waals surface area (Å²) in [6.07, 6.45) is 3.47. The SMILES string of the molecule is CCCCN(CCO)C(=O)Nc1cn(C)c(=O)cc1C. The summed E-state index contributed by atoms with van der Waals surface area (Å²) >= 11 is 0. The summed E-state index contributed by atoms with van der Waals surface area (Å²) in [6.45, 7) is 4.67. The molecule has 0 aliphatic rings. The number of urea groups is 1. The van der Waals surface area contributed by atoms with Crippen molar-refractivity contribution in [3.05, 3.63) is 28.2 Å². The quantitative estimate of drug-likeness (QED) is 0.826. The van der Waals surface area contributed by atoms with Crippen LogP contribution < -0.4 is 10.9 Å². The summed E-state index contributed by atoms with van der Waals surface area (Å²) in [7, 11) is 1.64. The molecule has 0 bridgehead atoms. The van der Waals surface area contributed by atoms with Gasteiger partial charge in [0.15, 0.2) is 0 Å². The van der Waals surface area contributed by atoms with Gasteiger partial charge in [0.25, 0.3) is 5.56 Å². The van der Waals surface area contributed by atoms with Crippen molar-refractivity contribution < 1.29 is 9.90 Å². The van der Waals surface area contributed by atoms with E-state index in [2.05, 4.69) is 5.32 Å². The highest BCUT2D eigenvalue weighted by Gasteiger charge is 2.14. The molecule has 6 heteroatoms. The summed E-state index contributed by atoms with van der Waals surface area (Å²) < 4.78 is 1.42. The zero-order valence-corrected chi connectivity index (χ0v) is 12.3. The van der Waals surface area contributed by atoms with Gasteiger partial charge in [0.2, 0.25) is 0 Å². The topological polar surface area (TPSA) is 74.6 Å². The maximum atomic E-state index is 12.2. The zero-order chi connectivity index (χ0) is 15.1. The number of amides is 2. The van der Waals surface area contributed by atoms with Gasteiger partial charge in [0.05, 0.1) is 12.3 Å². The maximum absolute atomic E-state index is 12.2. The van der Waals surface area contributed by atoms with E-state index >= 15 is 0 Å².